The highest BCUT2D eigenvalue weighted by Crippen LogP contribution is 2.16. The fourth-order valence-electron chi connectivity index (χ4n) is 2.95. The van der Waals surface area contributed by atoms with Crippen molar-refractivity contribution < 1.29 is 9.53 Å². The second-order valence-electron chi connectivity index (χ2n) is 5.84. The number of hydrogen-bond donors (Lipinski definition) is 0. The maximum Gasteiger partial charge on any atom is 0.274 e. The van der Waals surface area contributed by atoms with Gasteiger partial charge in [0.05, 0.1) is 30.2 Å². The van der Waals surface area contributed by atoms with Crippen LogP contribution in [0.3, 0.4) is 0 Å². The van der Waals surface area contributed by atoms with Gasteiger partial charge in [-0.05, 0) is 12.5 Å². The number of carbonyl (C=O) groups excluding carboxylic acids is 1. The molecule has 1 aliphatic heterocycles. The number of amides is 1. The first-order valence-corrected chi connectivity index (χ1v) is 7.94. The molecule has 1 aromatic heterocycles. The van der Waals surface area contributed by atoms with Gasteiger partial charge in [-0.3, -0.25) is 9.59 Å². The summed E-state index contributed by atoms with van der Waals surface area (Å²) in [5, 5.41) is 5.65. The summed E-state index contributed by atoms with van der Waals surface area (Å²) < 4.78 is 6.91. The molecule has 1 aromatic carbocycles. The number of fused-ring (bicyclic) bond motifs is 1. The fraction of sp³-hybridized carbons (Fsp3) is 0.471. The van der Waals surface area contributed by atoms with Gasteiger partial charge in [0.15, 0.2) is 0 Å². The lowest BCUT2D eigenvalue weighted by Gasteiger charge is -2.32. The molecule has 1 atom stereocenters. The Balaban J connectivity index is 1.88. The normalized spacial score (nSPS) is 18.3. The van der Waals surface area contributed by atoms with Gasteiger partial charge >= 0.3 is 0 Å². The predicted molar refractivity (Wildman–Crippen MR) is 87.3 cm³/mol. The van der Waals surface area contributed by atoms with E-state index < -0.39 is 0 Å². The Morgan fingerprint density at radius 3 is 2.83 bits per heavy atom. The molecule has 0 radical (unpaired) electrons. The Hall–Kier alpha value is -2.21. The number of ether oxygens (including phenoxy) is 1. The van der Waals surface area contributed by atoms with E-state index in [2.05, 4.69) is 12.0 Å². The summed E-state index contributed by atoms with van der Waals surface area (Å²) in [6.45, 7) is 3.87. The Kier molecular flexibility index (Phi) is 4.43. The average Bonchev–Trinajstić information content (AvgIpc) is 2.59. The smallest absolute Gasteiger partial charge is 0.274 e. The second kappa shape index (κ2) is 6.50. The first kappa shape index (κ1) is 15.7. The van der Waals surface area contributed by atoms with E-state index in [1.54, 1.807) is 13.1 Å². The summed E-state index contributed by atoms with van der Waals surface area (Å²) in [4.78, 5) is 26.6. The van der Waals surface area contributed by atoms with Gasteiger partial charge in [-0.25, -0.2) is 4.68 Å². The zero-order valence-corrected chi connectivity index (χ0v) is 13.5. The highest BCUT2D eigenvalue weighted by atomic mass is 16.5. The van der Waals surface area contributed by atoms with Crippen LogP contribution in [0.5, 0.6) is 0 Å². The van der Waals surface area contributed by atoms with Crippen molar-refractivity contribution >= 4 is 16.7 Å². The Bertz CT molecular complexity index is 784. The topological polar surface area (TPSA) is 64.4 Å². The molecule has 0 unspecified atom stereocenters. The third-order valence-corrected chi connectivity index (χ3v) is 4.30. The molecule has 1 aliphatic rings. The fourth-order valence-corrected chi connectivity index (χ4v) is 2.95. The Morgan fingerprint density at radius 1 is 1.35 bits per heavy atom. The lowest BCUT2D eigenvalue weighted by molar-refractivity contribution is -0.138. The molecule has 3 rings (SSSR count). The molecule has 23 heavy (non-hydrogen) atoms. The number of benzene rings is 1. The van der Waals surface area contributed by atoms with Gasteiger partial charge < -0.3 is 9.64 Å². The number of morpholine rings is 1. The third kappa shape index (κ3) is 3.12. The van der Waals surface area contributed by atoms with Crippen LogP contribution < -0.4 is 5.56 Å². The molecule has 0 saturated carbocycles. The zero-order chi connectivity index (χ0) is 16.4. The van der Waals surface area contributed by atoms with Crippen molar-refractivity contribution in [3.05, 3.63) is 40.3 Å². The molecule has 2 aromatic rings. The molecule has 1 saturated heterocycles. The molecular weight excluding hydrogens is 294 g/mol. The molecule has 6 nitrogen and oxygen atoms in total. The predicted octanol–water partition coefficient (Wildman–Crippen LogP) is 1.11. The van der Waals surface area contributed by atoms with E-state index in [0.29, 0.717) is 30.8 Å². The Morgan fingerprint density at radius 2 is 2.09 bits per heavy atom. The van der Waals surface area contributed by atoms with Crippen LogP contribution >= 0.6 is 0 Å². The van der Waals surface area contributed by atoms with Crippen LogP contribution in [0.25, 0.3) is 10.8 Å². The van der Waals surface area contributed by atoms with Crippen LogP contribution in [-0.4, -0.2) is 46.4 Å². The van der Waals surface area contributed by atoms with Crippen molar-refractivity contribution in [2.45, 2.75) is 25.9 Å². The minimum Gasteiger partial charge on any atom is -0.375 e. The molecule has 2 heterocycles. The number of aryl methyl sites for hydroxylation is 1. The molecule has 0 spiro atoms. The number of nitrogens with zero attached hydrogens (tertiary/aromatic N) is 3. The molecule has 1 amide bonds. The van der Waals surface area contributed by atoms with Gasteiger partial charge in [0.1, 0.15) is 0 Å². The summed E-state index contributed by atoms with van der Waals surface area (Å²) in [5.41, 5.74) is 0.501. The molecular formula is C17H21N3O3. The third-order valence-electron chi connectivity index (χ3n) is 4.30. The van der Waals surface area contributed by atoms with Crippen LogP contribution in [-0.2, 0) is 23.0 Å². The molecule has 0 aliphatic carbocycles. The van der Waals surface area contributed by atoms with Crippen LogP contribution in [0.4, 0.5) is 0 Å². The van der Waals surface area contributed by atoms with E-state index in [1.807, 2.05) is 23.1 Å². The van der Waals surface area contributed by atoms with Gasteiger partial charge in [-0.1, -0.05) is 25.1 Å². The summed E-state index contributed by atoms with van der Waals surface area (Å²) in [6, 6.07) is 7.30. The SMILES string of the molecule is CC[C@@H]1CN(C(=O)Cc2nn(C)c(=O)c3ccccc23)CCO1. The molecule has 0 bridgehead atoms. The van der Waals surface area contributed by atoms with Crippen molar-refractivity contribution in [3.8, 4) is 0 Å². The van der Waals surface area contributed by atoms with Crippen LogP contribution in [0.15, 0.2) is 29.1 Å². The van der Waals surface area contributed by atoms with Gasteiger partial charge in [-0.2, -0.15) is 5.10 Å². The quantitative estimate of drug-likeness (QED) is 0.851. The highest BCUT2D eigenvalue weighted by Gasteiger charge is 2.24. The molecule has 6 heteroatoms. The van der Waals surface area contributed by atoms with E-state index in [0.717, 1.165) is 11.8 Å². The number of hydrogen-bond acceptors (Lipinski definition) is 4. The minimum atomic E-state index is -0.144. The van der Waals surface area contributed by atoms with E-state index in [4.69, 9.17) is 4.74 Å². The van der Waals surface area contributed by atoms with E-state index in [-0.39, 0.29) is 24.0 Å². The number of rotatable bonds is 3. The summed E-state index contributed by atoms with van der Waals surface area (Å²) in [6.07, 6.45) is 1.20. The van der Waals surface area contributed by atoms with Crippen molar-refractivity contribution in [2.75, 3.05) is 19.7 Å². The monoisotopic (exact) mass is 315 g/mol. The van der Waals surface area contributed by atoms with Crippen LogP contribution in [0.1, 0.15) is 19.0 Å². The number of carbonyl (C=O) groups is 1. The van der Waals surface area contributed by atoms with Crippen LogP contribution in [0, 0.1) is 0 Å². The highest BCUT2D eigenvalue weighted by molar-refractivity contribution is 5.88. The van der Waals surface area contributed by atoms with Crippen molar-refractivity contribution in [3.63, 3.8) is 0 Å². The minimum absolute atomic E-state index is 0.0306. The Labute approximate surface area is 134 Å². The summed E-state index contributed by atoms with van der Waals surface area (Å²) in [7, 11) is 1.62. The lowest BCUT2D eigenvalue weighted by Crippen LogP contribution is -2.46. The van der Waals surface area contributed by atoms with Gasteiger partial charge in [0, 0.05) is 25.5 Å². The maximum atomic E-state index is 12.6. The van der Waals surface area contributed by atoms with Crippen molar-refractivity contribution in [1.82, 2.24) is 14.7 Å². The van der Waals surface area contributed by atoms with Gasteiger partial charge in [0.2, 0.25) is 5.91 Å². The molecule has 0 N–H and O–H groups in total. The maximum absolute atomic E-state index is 12.6. The van der Waals surface area contributed by atoms with E-state index >= 15 is 0 Å². The van der Waals surface area contributed by atoms with E-state index in [1.165, 1.54) is 4.68 Å². The van der Waals surface area contributed by atoms with E-state index in [9.17, 15) is 9.59 Å². The van der Waals surface area contributed by atoms with Crippen molar-refractivity contribution in [2.24, 2.45) is 7.05 Å². The first-order chi connectivity index (χ1) is 11.1. The number of aromatic nitrogens is 2. The van der Waals surface area contributed by atoms with Crippen LogP contribution in [0.2, 0.25) is 0 Å². The average molecular weight is 315 g/mol. The standard InChI is InChI=1S/C17H21N3O3/c1-3-12-11-20(8-9-23-12)16(21)10-15-13-6-4-5-7-14(13)17(22)19(2)18-15/h4-7,12H,3,8-11H2,1-2H3/t12-/m1/s1. The molecule has 122 valence electrons. The zero-order valence-electron chi connectivity index (χ0n) is 13.5. The first-order valence-electron chi connectivity index (χ1n) is 7.94. The van der Waals surface area contributed by atoms with Gasteiger partial charge in [0.25, 0.3) is 5.56 Å². The summed E-state index contributed by atoms with van der Waals surface area (Å²) >= 11 is 0. The second-order valence-corrected chi connectivity index (χ2v) is 5.84. The largest absolute Gasteiger partial charge is 0.375 e. The lowest BCUT2D eigenvalue weighted by atomic mass is 10.1. The summed E-state index contributed by atoms with van der Waals surface area (Å²) in [5.74, 6) is 0.0306. The molecule has 1 fully saturated rings. The van der Waals surface area contributed by atoms with Gasteiger partial charge in [-0.15, -0.1) is 0 Å². The van der Waals surface area contributed by atoms with Crippen molar-refractivity contribution in [1.29, 1.82) is 0 Å².